The molecule has 3 aliphatic rings. The zero-order chi connectivity index (χ0) is 11.7. The zero-order valence-electron chi connectivity index (χ0n) is 11.0. The molecule has 2 saturated carbocycles. The highest BCUT2D eigenvalue weighted by atomic mass is 35.5. The SMILES string of the molecule is Cl.O=C(NCC1CC2CCC1C2)C1CCCNC1. The minimum Gasteiger partial charge on any atom is -0.356 e. The molecule has 3 nitrogen and oxygen atoms in total. The van der Waals surface area contributed by atoms with E-state index in [1.165, 1.54) is 25.7 Å². The standard InChI is InChI=1S/C14H24N2O.ClH/c17-14(12-2-1-5-15-8-12)16-9-13-7-10-3-4-11(13)6-10;/h10-13,15H,1-9H2,(H,16,17);1H. The Balaban J connectivity index is 0.00000120. The molecule has 0 aromatic heterocycles. The van der Waals surface area contributed by atoms with Gasteiger partial charge >= 0.3 is 0 Å². The Morgan fingerprint density at radius 2 is 2.11 bits per heavy atom. The Hall–Kier alpha value is -0.280. The van der Waals surface area contributed by atoms with Crippen LogP contribution >= 0.6 is 12.4 Å². The minimum absolute atomic E-state index is 0. The van der Waals surface area contributed by atoms with Gasteiger partial charge in [-0.1, -0.05) is 6.42 Å². The number of nitrogens with one attached hydrogen (secondary N) is 2. The van der Waals surface area contributed by atoms with Crippen molar-refractivity contribution in [3.63, 3.8) is 0 Å². The van der Waals surface area contributed by atoms with Crippen molar-refractivity contribution in [1.82, 2.24) is 10.6 Å². The molecule has 1 amide bonds. The van der Waals surface area contributed by atoms with E-state index in [1.54, 1.807) is 0 Å². The maximum absolute atomic E-state index is 12.0. The Labute approximate surface area is 116 Å². The van der Waals surface area contributed by atoms with Gasteiger partial charge < -0.3 is 10.6 Å². The van der Waals surface area contributed by atoms with Crippen LogP contribution in [0.2, 0.25) is 0 Å². The molecule has 0 aromatic rings. The highest BCUT2D eigenvalue weighted by Crippen LogP contribution is 2.47. The second kappa shape index (κ2) is 6.25. The first-order chi connectivity index (χ1) is 8.33. The first kappa shape index (κ1) is 14.1. The number of carbonyl (C=O) groups excluding carboxylic acids is 1. The number of piperidine rings is 1. The van der Waals surface area contributed by atoms with E-state index in [2.05, 4.69) is 10.6 Å². The normalized spacial score (nSPS) is 38.2. The number of amides is 1. The van der Waals surface area contributed by atoms with Gasteiger partial charge in [0, 0.05) is 13.1 Å². The van der Waals surface area contributed by atoms with E-state index in [-0.39, 0.29) is 18.3 Å². The van der Waals surface area contributed by atoms with Crippen LogP contribution in [-0.4, -0.2) is 25.5 Å². The maximum atomic E-state index is 12.0. The Bertz CT molecular complexity index is 292. The number of carbonyl (C=O) groups is 1. The van der Waals surface area contributed by atoms with Gasteiger partial charge in [-0.15, -0.1) is 12.4 Å². The van der Waals surface area contributed by atoms with Gasteiger partial charge in [-0.25, -0.2) is 0 Å². The van der Waals surface area contributed by atoms with Crippen LogP contribution in [0.5, 0.6) is 0 Å². The largest absolute Gasteiger partial charge is 0.356 e. The van der Waals surface area contributed by atoms with Gasteiger partial charge in [0.25, 0.3) is 0 Å². The smallest absolute Gasteiger partial charge is 0.224 e. The highest BCUT2D eigenvalue weighted by Gasteiger charge is 2.39. The first-order valence-corrected chi connectivity index (χ1v) is 7.31. The third-order valence-electron chi connectivity index (χ3n) is 5.09. The van der Waals surface area contributed by atoms with Gasteiger partial charge in [-0.05, 0) is 56.4 Å². The van der Waals surface area contributed by atoms with Crippen molar-refractivity contribution in [3.05, 3.63) is 0 Å². The van der Waals surface area contributed by atoms with Crippen molar-refractivity contribution in [2.45, 2.75) is 38.5 Å². The van der Waals surface area contributed by atoms with E-state index >= 15 is 0 Å². The van der Waals surface area contributed by atoms with E-state index in [0.717, 1.165) is 50.2 Å². The van der Waals surface area contributed by atoms with Crippen molar-refractivity contribution in [2.75, 3.05) is 19.6 Å². The molecule has 4 unspecified atom stereocenters. The average Bonchev–Trinajstić information content (AvgIpc) is 2.99. The molecule has 1 aliphatic heterocycles. The topological polar surface area (TPSA) is 41.1 Å². The molecule has 3 rings (SSSR count). The quantitative estimate of drug-likeness (QED) is 0.825. The van der Waals surface area contributed by atoms with E-state index < -0.39 is 0 Å². The van der Waals surface area contributed by atoms with Crippen LogP contribution in [-0.2, 0) is 4.79 Å². The van der Waals surface area contributed by atoms with Crippen LogP contribution in [0, 0.1) is 23.7 Å². The average molecular weight is 273 g/mol. The summed E-state index contributed by atoms with van der Waals surface area (Å²) < 4.78 is 0. The number of hydrogen-bond donors (Lipinski definition) is 2. The van der Waals surface area contributed by atoms with Gasteiger partial charge in [-0.2, -0.15) is 0 Å². The molecule has 2 aliphatic carbocycles. The summed E-state index contributed by atoms with van der Waals surface area (Å²) in [5.41, 5.74) is 0. The Morgan fingerprint density at radius 3 is 2.72 bits per heavy atom. The lowest BCUT2D eigenvalue weighted by Crippen LogP contribution is -2.42. The summed E-state index contributed by atoms with van der Waals surface area (Å²) in [7, 11) is 0. The van der Waals surface area contributed by atoms with Gasteiger partial charge in [0.1, 0.15) is 0 Å². The summed E-state index contributed by atoms with van der Waals surface area (Å²) in [5.74, 6) is 3.21. The molecule has 0 aromatic carbocycles. The number of fused-ring (bicyclic) bond motifs is 2. The molecule has 1 saturated heterocycles. The molecule has 0 radical (unpaired) electrons. The summed E-state index contributed by atoms with van der Waals surface area (Å²) in [6.07, 6.45) is 7.87. The third-order valence-corrected chi connectivity index (χ3v) is 5.09. The zero-order valence-corrected chi connectivity index (χ0v) is 11.8. The van der Waals surface area contributed by atoms with E-state index in [9.17, 15) is 4.79 Å². The Morgan fingerprint density at radius 1 is 1.22 bits per heavy atom. The minimum atomic E-state index is 0. The Kier molecular flexibility index (Phi) is 4.91. The molecule has 104 valence electrons. The highest BCUT2D eigenvalue weighted by molar-refractivity contribution is 5.85. The molecule has 2 bridgehead atoms. The van der Waals surface area contributed by atoms with Crippen molar-refractivity contribution >= 4 is 18.3 Å². The summed E-state index contributed by atoms with van der Waals surface area (Å²) in [6, 6.07) is 0. The van der Waals surface area contributed by atoms with E-state index in [1.807, 2.05) is 0 Å². The summed E-state index contributed by atoms with van der Waals surface area (Å²) in [4.78, 5) is 12.0. The fourth-order valence-corrected chi connectivity index (χ4v) is 4.08. The van der Waals surface area contributed by atoms with Gasteiger partial charge in [0.05, 0.1) is 5.92 Å². The van der Waals surface area contributed by atoms with Gasteiger partial charge in [0.2, 0.25) is 5.91 Å². The number of rotatable bonds is 3. The predicted octanol–water partition coefficient (Wildman–Crippen LogP) is 1.96. The lowest BCUT2D eigenvalue weighted by atomic mass is 9.88. The van der Waals surface area contributed by atoms with Crippen LogP contribution in [0.3, 0.4) is 0 Å². The molecule has 2 N–H and O–H groups in total. The van der Waals surface area contributed by atoms with Crippen LogP contribution in [0.25, 0.3) is 0 Å². The molecule has 4 heteroatoms. The fourth-order valence-electron chi connectivity index (χ4n) is 4.08. The van der Waals surface area contributed by atoms with Crippen molar-refractivity contribution in [3.8, 4) is 0 Å². The summed E-state index contributed by atoms with van der Waals surface area (Å²) in [6.45, 7) is 2.90. The van der Waals surface area contributed by atoms with Crippen molar-refractivity contribution in [1.29, 1.82) is 0 Å². The van der Waals surface area contributed by atoms with Crippen LogP contribution in [0.4, 0.5) is 0 Å². The molecule has 3 fully saturated rings. The summed E-state index contributed by atoms with van der Waals surface area (Å²) >= 11 is 0. The molecule has 4 atom stereocenters. The van der Waals surface area contributed by atoms with Gasteiger partial charge in [0.15, 0.2) is 0 Å². The monoisotopic (exact) mass is 272 g/mol. The van der Waals surface area contributed by atoms with Gasteiger partial charge in [-0.3, -0.25) is 4.79 Å². The molecule has 1 heterocycles. The fraction of sp³-hybridized carbons (Fsp3) is 0.929. The van der Waals surface area contributed by atoms with Crippen LogP contribution < -0.4 is 10.6 Å². The number of hydrogen-bond acceptors (Lipinski definition) is 2. The third kappa shape index (κ3) is 3.00. The first-order valence-electron chi connectivity index (χ1n) is 7.31. The van der Waals surface area contributed by atoms with Crippen molar-refractivity contribution in [2.24, 2.45) is 23.7 Å². The van der Waals surface area contributed by atoms with Crippen molar-refractivity contribution < 1.29 is 4.79 Å². The second-order valence-electron chi connectivity index (χ2n) is 6.22. The second-order valence-corrected chi connectivity index (χ2v) is 6.22. The van der Waals surface area contributed by atoms with E-state index in [4.69, 9.17) is 0 Å². The maximum Gasteiger partial charge on any atom is 0.224 e. The molecule has 18 heavy (non-hydrogen) atoms. The predicted molar refractivity (Wildman–Crippen MR) is 74.8 cm³/mol. The van der Waals surface area contributed by atoms with Crippen LogP contribution in [0.1, 0.15) is 38.5 Å². The molecule has 0 spiro atoms. The number of halogens is 1. The summed E-state index contributed by atoms with van der Waals surface area (Å²) in [5, 5.41) is 6.51. The molecular formula is C14H25ClN2O. The lowest BCUT2D eigenvalue weighted by Gasteiger charge is -2.25. The lowest BCUT2D eigenvalue weighted by molar-refractivity contribution is -0.125. The van der Waals surface area contributed by atoms with E-state index in [0.29, 0.717) is 5.91 Å². The molecular weight excluding hydrogens is 248 g/mol. The van der Waals surface area contributed by atoms with Crippen LogP contribution in [0.15, 0.2) is 0 Å².